The molecule has 35 heavy (non-hydrogen) atoms. The standard InChI is InChI=1S/C24H16Cl2O6S3/c25-17-1-5-19(6-2-17)33(27,28)21-9-13-23(14-10-21)35(31,32)24-15-11-22(12-16-24)34(29,30)20-7-3-18(26)4-8-20/h1-16H. The topological polar surface area (TPSA) is 102 Å². The Morgan fingerprint density at radius 1 is 0.314 bits per heavy atom. The maximum absolute atomic E-state index is 13.0. The Bertz CT molecular complexity index is 1570. The highest BCUT2D eigenvalue weighted by molar-refractivity contribution is 7.92. The van der Waals surface area contributed by atoms with Gasteiger partial charge in [0.2, 0.25) is 29.5 Å². The predicted octanol–water partition coefficient (Wildman–Crippen LogP) is 5.49. The van der Waals surface area contributed by atoms with Crippen molar-refractivity contribution in [2.75, 3.05) is 0 Å². The lowest BCUT2D eigenvalue weighted by Gasteiger charge is -2.09. The number of halogens is 2. The largest absolute Gasteiger partial charge is 0.219 e. The number of benzene rings is 4. The molecule has 0 radical (unpaired) electrons. The molecule has 0 heterocycles. The molecule has 6 nitrogen and oxygen atoms in total. The zero-order valence-corrected chi connectivity index (χ0v) is 21.6. The van der Waals surface area contributed by atoms with E-state index in [9.17, 15) is 25.3 Å². The average molecular weight is 567 g/mol. The molecule has 4 aromatic carbocycles. The minimum atomic E-state index is -4.03. The SMILES string of the molecule is O=S(=O)(c1ccc(Cl)cc1)c1ccc(S(=O)(=O)c2ccc(S(=O)(=O)c3ccc(Cl)cc3)cc2)cc1. The molecular formula is C24H16Cl2O6S3. The second kappa shape index (κ2) is 9.40. The van der Waals surface area contributed by atoms with Gasteiger partial charge < -0.3 is 0 Å². The molecule has 0 unspecified atom stereocenters. The van der Waals surface area contributed by atoms with E-state index in [2.05, 4.69) is 0 Å². The Labute approximate surface area is 213 Å². The van der Waals surface area contributed by atoms with Crippen LogP contribution in [0.25, 0.3) is 0 Å². The molecule has 0 amide bonds. The third-order valence-corrected chi connectivity index (χ3v) is 11.0. The predicted molar refractivity (Wildman–Crippen MR) is 132 cm³/mol. The Morgan fingerprint density at radius 2 is 0.457 bits per heavy atom. The monoisotopic (exact) mass is 566 g/mol. The summed E-state index contributed by atoms with van der Waals surface area (Å²) in [7, 11) is -11.8. The molecule has 4 rings (SSSR count). The molecule has 180 valence electrons. The minimum absolute atomic E-state index is 0.0231. The lowest BCUT2D eigenvalue weighted by molar-refractivity contribution is 0.591. The first-order valence-electron chi connectivity index (χ1n) is 9.89. The molecule has 0 aliphatic carbocycles. The molecule has 0 N–H and O–H groups in total. The fourth-order valence-corrected chi connectivity index (χ4v) is 7.27. The molecule has 0 spiro atoms. The second-order valence-corrected chi connectivity index (χ2v) is 14.1. The van der Waals surface area contributed by atoms with Crippen LogP contribution in [0.3, 0.4) is 0 Å². The van der Waals surface area contributed by atoms with Crippen LogP contribution in [0.2, 0.25) is 10.0 Å². The van der Waals surface area contributed by atoms with Crippen LogP contribution < -0.4 is 0 Å². The first kappa shape index (κ1) is 25.4. The van der Waals surface area contributed by atoms with Gasteiger partial charge in [-0.2, -0.15) is 0 Å². The van der Waals surface area contributed by atoms with Crippen LogP contribution in [0.1, 0.15) is 0 Å². The summed E-state index contributed by atoms with van der Waals surface area (Å²) in [5.41, 5.74) is 0. The number of sulfone groups is 3. The van der Waals surface area contributed by atoms with E-state index in [0.29, 0.717) is 10.0 Å². The van der Waals surface area contributed by atoms with Crippen molar-refractivity contribution < 1.29 is 25.3 Å². The van der Waals surface area contributed by atoms with Gasteiger partial charge in [0, 0.05) is 10.0 Å². The summed E-state index contributed by atoms with van der Waals surface area (Å²) >= 11 is 11.6. The van der Waals surface area contributed by atoms with Crippen LogP contribution >= 0.6 is 23.2 Å². The summed E-state index contributed by atoms with van der Waals surface area (Å²) in [6.07, 6.45) is 0. The Balaban J connectivity index is 1.62. The summed E-state index contributed by atoms with van der Waals surface area (Å²) < 4.78 is 77.2. The van der Waals surface area contributed by atoms with Gasteiger partial charge in [-0.05, 0) is 97.1 Å². The van der Waals surface area contributed by atoms with Gasteiger partial charge in [0.05, 0.1) is 29.4 Å². The molecule has 0 bridgehead atoms. The molecule has 0 saturated carbocycles. The fourth-order valence-electron chi connectivity index (χ4n) is 3.23. The van der Waals surface area contributed by atoms with Gasteiger partial charge in [-0.3, -0.25) is 0 Å². The highest BCUT2D eigenvalue weighted by Gasteiger charge is 2.23. The van der Waals surface area contributed by atoms with Crippen LogP contribution in [0.15, 0.2) is 126 Å². The second-order valence-electron chi connectivity index (χ2n) is 7.36. The van der Waals surface area contributed by atoms with Gasteiger partial charge in [0.25, 0.3) is 0 Å². The van der Waals surface area contributed by atoms with Crippen LogP contribution in [-0.2, 0) is 29.5 Å². The first-order chi connectivity index (χ1) is 16.4. The van der Waals surface area contributed by atoms with E-state index >= 15 is 0 Å². The summed E-state index contributed by atoms with van der Waals surface area (Å²) in [5, 5.41) is 0.773. The third-order valence-electron chi connectivity index (χ3n) is 5.14. The highest BCUT2D eigenvalue weighted by Crippen LogP contribution is 2.28. The molecule has 0 atom stereocenters. The van der Waals surface area contributed by atoms with Crippen molar-refractivity contribution in [1.82, 2.24) is 0 Å². The molecule has 0 saturated heterocycles. The lowest BCUT2D eigenvalue weighted by Crippen LogP contribution is -2.06. The van der Waals surface area contributed by atoms with Crippen molar-refractivity contribution in [2.24, 2.45) is 0 Å². The van der Waals surface area contributed by atoms with Gasteiger partial charge in [-0.15, -0.1) is 0 Å². The number of hydrogen-bond acceptors (Lipinski definition) is 6. The van der Waals surface area contributed by atoms with Crippen molar-refractivity contribution in [2.45, 2.75) is 29.4 Å². The van der Waals surface area contributed by atoms with Crippen molar-refractivity contribution in [3.8, 4) is 0 Å². The van der Waals surface area contributed by atoms with E-state index in [1.54, 1.807) is 0 Å². The zero-order chi connectivity index (χ0) is 25.4. The van der Waals surface area contributed by atoms with Crippen LogP contribution in [0, 0.1) is 0 Å². The van der Waals surface area contributed by atoms with Gasteiger partial charge in [-0.25, -0.2) is 25.3 Å². The molecule has 0 aliphatic heterocycles. The summed E-state index contributed by atoms with van der Waals surface area (Å²) in [6, 6.07) is 20.8. The molecule has 0 fully saturated rings. The summed E-state index contributed by atoms with van der Waals surface area (Å²) in [4.78, 5) is -0.391. The minimum Gasteiger partial charge on any atom is -0.219 e. The van der Waals surface area contributed by atoms with E-state index in [1.807, 2.05) is 0 Å². The van der Waals surface area contributed by atoms with Crippen LogP contribution in [-0.4, -0.2) is 25.3 Å². The van der Waals surface area contributed by atoms with Crippen molar-refractivity contribution in [1.29, 1.82) is 0 Å². The Hall–Kier alpha value is -2.69. The maximum atomic E-state index is 13.0. The van der Waals surface area contributed by atoms with Crippen LogP contribution in [0.5, 0.6) is 0 Å². The quantitative estimate of drug-likeness (QED) is 0.305. The molecular weight excluding hydrogens is 551 g/mol. The van der Waals surface area contributed by atoms with Crippen molar-refractivity contribution in [3.05, 3.63) is 107 Å². The van der Waals surface area contributed by atoms with E-state index < -0.39 is 29.5 Å². The Morgan fingerprint density at radius 3 is 0.629 bits per heavy atom. The lowest BCUT2D eigenvalue weighted by atomic mass is 10.4. The fraction of sp³-hybridized carbons (Fsp3) is 0. The van der Waals surface area contributed by atoms with Crippen LogP contribution in [0.4, 0.5) is 0 Å². The normalized spacial score (nSPS) is 12.4. The van der Waals surface area contributed by atoms with Gasteiger partial charge in [-0.1, -0.05) is 23.2 Å². The summed E-state index contributed by atoms with van der Waals surface area (Å²) in [5.74, 6) is 0. The van der Waals surface area contributed by atoms with E-state index in [-0.39, 0.29) is 29.4 Å². The average Bonchev–Trinajstić information content (AvgIpc) is 2.85. The number of rotatable bonds is 6. The van der Waals surface area contributed by atoms with Crippen molar-refractivity contribution in [3.63, 3.8) is 0 Å². The summed E-state index contributed by atoms with van der Waals surface area (Å²) in [6.45, 7) is 0. The molecule has 11 heteroatoms. The number of hydrogen-bond donors (Lipinski definition) is 0. The molecule has 4 aromatic rings. The third kappa shape index (κ3) is 5.00. The first-order valence-corrected chi connectivity index (χ1v) is 15.1. The van der Waals surface area contributed by atoms with E-state index in [0.717, 1.165) is 0 Å². The Kier molecular flexibility index (Phi) is 6.82. The van der Waals surface area contributed by atoms with Gasteiger partial charge >= 0.3 is 0 Å². The molecule has 0 aliphatic rings. The smallest absolute Gasteiger partial charge is 0.206 e. The van der Waals surface area contributed by atoms with E-state index in [4.69, 9.17) is 23.2 Å². The van der Waals surface area contributed by atoms with Crippen molar-refractivity contribution >= 4 is 52.7 Å². The van der Waals surface area contributed by atoms with E-state index in [1.165, 1.54) is 97.1 Å². The molecule has 0 aromatic heterocycles. The van der Waals surface area contributed by atoms with Gasteiger partial charge in [0.1, 0.15) is 0 Å². The maximum Gasteiger partial charge on any atom is 0.206 e. The zero-order valence-electron chi connectivity index (χ0n) is 17.7. The van der Waals surface area contributed by atoms with Gasteiger partial charge in [0.15, 0.2) is 0 Å². The highest BCUT2D eigenvalue weighted by atomic mass is 35.5.